The predicted octanol–water partition coefficient (Wildman–Crippen LogP) is 5.83. The van der Waals surface area contributed by atoms with Crippen LogP contribution < -0.4 is 5.32 Å². The van der Waals surface area contributed by atoms with Gasteiger partial charge in [-0.3, -0.25) is 4.79 Å². The van der Waals surface area contributed by atoms with Gasteiger partial charge in [0.1, 0.15) is 0 Å². The molecule has 4 nitrogen and oxygen atoms in total. The Labute approximate surface area is 188 Å². The summed E-state index contributed by atoms with van der Waals surface area (Å²) in [6, 6.07) is -0.519. The van der Waals surface area contributed by atoms with Gasteiger partial charge in [-0.25, -0.2) is 0 Å². The van der Waals surface area contributed by atoms with E-state index in [1.165, 1.54) is 31.9 Å². The van der Waals surface area contributed by atoms with Crippen molar-refractivity contribution in [2.75, 3.05) is 7.11 Å². The molecule has 0 aromatic heterocycles. The molecule has 0 saturated heterocycles. The number of ether oxygens (including phenoxy) is 1. The van der Waals surface area contributed by atoms with Crippen LogP contribution in [0.4, 0.5) is 0 Å². The van der Waals surface area contributed by atoms with E-state index in [0.29, 0.717) is 12.0 Å². The highest BCUT2D eigenvalue weighted by Gasteiger charge is 2.25. The molecule has 0 spiro atoms. The molecular formula is C27H39NO3. The predicted molar refractivity (Wildman–Crippen MR) is 128 cm³/mol. The number of allylic oxidation sites excluding steroid dienone is 9. The Bertz CT molecular complexity index is 767. The lowest BCUT2D eigenvalue weighted by Crippen LogP contribution is -2.45. The summed E-state index contributed by atoms with van der Waals surface area (Å²) in [4.78, 5) is 13.4. The molecule has 1 amide bonds. The molecule has 0 saturated carbocycles. The molecule has 2 N–H and O–H groups in total. The minimum atomic E-state index is -1.07. The number of hydrogen-bond acceptors (Lipinski definition) is 3. The van der Waals surface area contributed by atoms with Crippen LogP contribution >= 0.6 is 0 Å². The molecule has 0 aromatic carbocycles. The van der Waals surface area contributed by atoms with E-state index in [4.69, 9.17) is 4.74 Å². The van der Waals surface area contributed by atoms with Gasteiger partial charge < -0.3 is 15.2 Å². The standard InChI is InChI=1S/C27H39NO3/c1-4-15-22-18-13-7-6-8-14-19-24(22)23(5-2)26(29)28-25(27(30)31-3)20-21-16-11-9-10-12-17-21/h5,9-12,14,16,19,25,27,30H,4,6-8,13,15,17-18,20H2,1-3H3,(H,28,29)/b19-14-,23-5+,24-22+. The van der Waals surface area contributed by atoms with E-state index in [2.05, 4.69) is 30.5 Å². The molecule has 0 heterocycles. The number of methoxy groups -OCH3 is 1. The van der Waals surface area contributed by atoms with Gasteiger partial charge in [-0.15, -0.1) is 0 Å². The third-order valence-electron chi connectivity index (χ3n) is 5.84. The summed E-state index contributed by atoms with van der Waals surface area (Å²) in [5.74, 6) is -0.156. The van der Waals surface area contributed by atoms with E-state index in [9.17, 15) is 9.90 Å². The Morgan fingerprint density at radius 2 is 2.06 bits per heavy atom. The number of rotatable bonds is 9. The quantitative estimate of drug-likeness (QED) is 0.361. The van der Waals surface area contributed by atoms with E-state index in [0.717, 1.165) is 43.3 Å². The first-order valence-corrected chi connectivity index (χ1v) is 11.7. The number of amides is 1. The van der Waals surface area contributed by atoms with Crippen molar-refractivity contribution < 1.29 is 14.6 Å². The lowest BCUT2D eigenvalue weighted by Gasteiger charge is -2.25. The summed E-state index contributed by atoms with van der Waals surface area (Å²) in [6.45, 7) is 4.10. The Hall–Kier alpha value is -2.17. The van der Waals surface area contributed by atoms with Gasteiger partial charge in [-0.2, -0.15) is 0 Å². The van der Waals surface area contributed by atoms with E-state index in [1.807, 2.05) is 37.3 Å². The Morgan fingerprint density at radius 1 is 1.23 bits per heavy atom. The maximum atomic E-state index is 13.4. The first-order chi connectivity index (χ1) is 15.1. The summed E-state index contributed by atoms with van der Waals surface area (Å²) in [7, 11) is 1.46. The molecule has 0 aliphatic heterocycles. The van der Waals surface area contributed by atoms with E-state index < -0.39 is 12.3 Å². The lowest BCUT2D eigenvalue weighted by molar-refractivity contribution is -0.126. The zero-order chi connectivity index (χ0) is 22.5. The van der Waals surface area contributed by atoms with E-state index in [1.54, 1.807) is 0 Å². The average Bonchev–Trinajstić information content (AvgIpc) is 2.98. The van der Waals surface area contributed by atoms with E-state index in [-0.39, 0.29) is 5.91 Å². The van der Waals surface area contributed by atoms with Crippen LogP contribution in [0.3, 0.4) is 0 Å². The monoisotopic (exact) mass is 425 g/mol. The van der Waals surface area contributed by atoms with Crippen molar-refractivity contribution in [1.29, 1.82) is 0 Å². The van der Waals surface area contributed by atoms with Crippen LogP contribution in [-0.4, -0.2) is 30.5 Å². The van der Waals surface area contributed by atoms with Crippen molar-refractivity contribution in [3.63, 3.8) is 0 Å². The van der Waals surface area contributed by atoms with Crippen LogP contribution in [0, 0.1) is 0 Å². The molecule has 4 heteroatoms. The number of carbonyl (C=O) groups excluding carboxylic acids is 1. The van der Waals surface area contributed by atoms with Crippen LogP contribution in [0.1, 0.15) is 71.6 Å². The van der Waals surface area contributed by atoms with Crippen molar-refractivity contribution in [1.82, 2.24) is 5.32 Å². The van der Waals surface area contributed by atoms with Crippen LogP contribution in [0.15, 0.2) is 70.9 Å². The van der Waals surface area contributed by atoms with Gasteiger partial charge in [0, 0.05) is 12.7 Å². The number of carbonyl (C=O) groups is 1. The molecule has 170 valence electrons. The highest BCUT2D eigenvalue weighted by atomic mass is 16.6. The maximum Gasteiger partial charge on any atom is 0.251 e. The summed E-state index contributed by atoms with van der Waals surface area (Å²) >= 11 is 0. The zero-order valence-corrected chi connectivity index (χ0v) is 19.4. The minimum absolute atomic E-state index is 0.156. The van der Waals surface area contributed by atoms with Crippen molar-refractivity contribution in [3.8, 4) is 0 Å². The van der Waals surface area contributed by atoms with Crippen LogP contribution in [0.2, 0.25) is 0 Å². The number of aliphatic hydroxyl groups excluding tert-OH is 1. The van der Waals surface area contributed by atoms with E-state index >= 15 is 0 Å². The fraction of sp³-hybridized carbons (Fsp3) is 0.519. The smallest absolute Gasteiger partial charge is 0.251 e. The van der Waals surface area contributed by atoms with Crippen LogP contribution in [0.25, 0.3) is 0 Å². The summed E-state index contributed by atoms with van der Waals surface area (Å²) in [5, 5.41) is 13.5. The number of hydrogen-bond donors (Lipinski definition) is 2. The first kappa shape index (κ1) is 25.1. The molecule has 0 aromatic rings. The van der Waals surface area contributed by atoms with Gasteiger partial charge in [-0.1, -0.05) is 79.5 Å². The first-order valence-electron chi connectivity index (χ1n) is 11.7. The fourth-order valence-electron chi connectivity index (χ4n) is 4.17. The maximum absolute atomic E-state index is 13.4. The topological polar surface area (TPSA) is 58.6 Å². The molecule has 2 aliphatic carbocycles. The second kappa shape index (κ2) is 14.0. The third kappa shape index (κ3) is 8.12. The highest BCUT2D eigenvalue weighted by molar-refractivity contribution is 5.99. The average molecular weight is 426 g/mol. The summed E-state index contributed by atoms with van der Waals surface area (Å²) < 4.78 is 5.19. The van der Waals surface area contributed by atoms with Crippen molar-refractivity contribution >= 4 is 5.91 Å². The minimum Gasteiger partial charge on any atom is -0.366 e. The molecule has 2 unspecified atom stereocenters. The molecule has 31 heavy (non-hydrogen) atoms. The second-order valence-electron chi connectivity index (χ2n) is 8.22. The van der Waals surface area contributed by atoms with Crippen molar-refractivity contribution in [2.45, 2.75) is 84.0 Å². The Balaban J connectivity index is 2.26. The van der Waals surface area contributed by atoms with Gasteiger partial charge >= 0.3 is 0 Å². The van der Waals surface area contributed by atoms with Crippen molar-refractivity contribution in [2.24, 2.45) is 0 Å². The summed E-state index contributed by atoms with van der Waals surface area (Å²) in [6.07, 6.45) is 24.3. The van der Waals surface area contributed by atoms with Gasteiger partial charge in [-0.05, 0) is 57.4 Å². The number of nitrogens with one attached hydrogen (secondary N) is 1. The fourth-order valence-corrected chi connectivity index (χ4v) is 4.17. The number of aliphatic hydroxyl groups is 1. The van der Waals surface area contributed by atoms with Crippen molar-refractivity contribution in [3.05, 3.63) is 70.9 Å². The summed E-state index contributed by atoms with van der Waals surface area (Å²) in [5.41, 5.74) is 4.23. The SMILES string of the molecule is C\C=C(C(=O)NC(CC1=CC=CC=CC1)C(O)OC)/C1=C(\CCC)CCCCC/C=C\1. The molecule has 0 bridgehead atoms. The van der Waals surface area contributed by atoms with Gasteiger partial charge in [0.05, 0.1) is 6.04 Å². The van der Waals surface area contributed by atoms with Crippen LogP contribution in [-0.2, 0) is 9.53 Å². The largest absolute Gasteiger partial charge is 0.366 e. The zero-order valence-electron chi connectivity index (χ0n) is 19.4. The molecule has 2 atom stereocenters. The van der Waals surface area contributed by atoms with Crippen LogP contribution in [0.5, 0.6) is 0 Å². The Kier molecular flexibility index (Phi) is 11.3. The third-order valence-corrected chi connectivity index (χ3v) is 5.84. The molecule has 2 rings (SSSR count). The molecule has 0 fully saturated rings. The Morgan fingerprint density at radius 3 is 2.81 bits per heavy atom. The molecule has 0 radical (unpaired) electrons. The normalized spacial score (nSPS) is 23.1. The second-order valence-corrected chi connectivity index (χ2v) is 8.22. The molecule has 2 aliphatic rings. The lowest BCUT2D eigenvalue weighted by atomic mass is 9.92. The van der Waals surface area contributed by atoms with Gasteiger partial charge in [0.2, 0.25) is 0 Å². The van der Waals surface area contributed by atoms with Gasteiger partial charge in [0.25, 0.3) is 5.91 Å². The van der Waals surface area contributed by atoms with Gasteiger partial charge in [0.15, 0.2) is 6.29 Å². The highest BCUT2D eigenvalue weighted by Crippen LogP contribution is 2.28. The molecular weight excluding hydrogens is 386 g/mol.